The van der Waals surface area contributed by atoms with Crippen LogP contribution in [-0.4, -0.2) is 37.5 Å². The molecule has 4 heteroatoms. The molecule has 0 aliphatic carbocycles. The lowest BCUT2D eigenvalue weighted by Gasteiger charge is -2.11. The Balaban J connectivity index is 3.65. The van der Waals surface area contributed by atoms with E-state index in [0.29, 0.717) is 6.61 Å². The molecule has 0 aromatic carbocycles. The molecule has 0 aromatic heterocycles. The van der Waals surface area contributed by atoms with E-state index in [0.717, 1.165) is 6.42 Å². The van der Waals surface area contributed by atoms with Crippen molar-refractivity contribution in [3.05, 3.63) is 0 Å². The van der Waals surface area contributed by atoms with Crippen LogP contribution in [-0.2, 0) is 14.3 Å². The molecular weight excluding hydrogens is 148 g/mol. The highest BCUT2D eigenvalue weighted by Crippen LogP contribution is 1.94. The highest BCUT2D eigenvalue weighted by Gasteiger charge is 2.17. The molecule has 1 atom stereocenters. The highest BCUT2D eigenvalue weighted by molar-refractivity contribution is 5.74. The summed E-state index contributed by atoms with van der Waals surface area (Å²) in [6.07, 6.45) is -0.00650. The molecule has 0 amide bonds. The molecule has 0 bridgehead atoms. The van der Waals surface area contributed by atoms with Gasteiger partial charge in [0.2, 0.25) is 0 Å². The topological polar surface area (TPSA) is 55.8 Å². The quantitative estimate of drug-likeness (QED) is 0.576. The van der Waals surface area contributed by atoms with Crippen molar-refractivity contribution >= 4 is 5.97 Å². The van der Waals surface area contributed by atoms with Gasteiger partial charge in [0, 0.05) is 6.61 Å². The molecule has 1 unspecified atom stereocenters. The first-order valence-electron chi connectivity index (χ1n) is 3.56. The molecule has 0 aliphatic heterocycles. The Hall–Kier alpha value is -0.610. The van der Waals surface area contributed by atoms with Crippen LogP contribution < -0.4 is 0 Å². The second-order valence-corrected chi connectivity index (χ2v) is 2.07. The fourth-order valence-electron chi connectivity index (χ4n) is 0.587. The van der Waals surface area contributed by atoms with Gasteiger partial charge in [0.15, 0.2) is 6.10 Å². The van der Waals surface area contributed by atoms with Gasteiger partial charge in [0.1, 0.15) is 0 Å². The van der Waals surface area contributed by atoms with Crippen LogP contribution in [0.2, 0.25) is 0 Å². The molecule has 4 nitrogen and oxygen atoms in total. The lowest BCUT2D eigenvalue weighted by molar-refractivity contribution is -0.156. The molecule has 0 aliphatic rings. The summed E-state index contributed by atoms with van der Waals surface area (Å²) in [5, 5.41) is 8.63. The van der Waals surface area contributed by atoms with Crippen LogP contribution in [0.3, 0.4) is 0 Å². The van der Waals surface area contributed by atoms with Crippen LogP contribution in [0.15, 0.2) is 0 Å². The number of carbonyl (C=O) groups is 1. The standard InChI is InChI=1S/C7H14O4/c1-3-4-11-6(5-8)7(9)10-2/h6,8H,3-5H2,1-2H3. The monoisotopic (exact) mass is 162 g/mol. The van der Waals surface area contributed by atoms with Crippen LogP contribution in [0.25, 0.3) is 0 Å². The van der Waals surface area contributed by atoms with Crippen molar-refractivity contribution in [3.63, 3.8) is 0 Å². The molecule has 66 valence electrons. The molecular formula is C7H14O4. The van der Waals surface area contributed by atoms with Gasteiger partial charge in [-0.2, -0.15) is 0 Å². The Labute approximate surface area is 66.1 Å². The molecule has 0 radical (unpaired) electrons. The smallest absolute Gasteiger partial charge is 0.337 e. The summed E-state index contributed by atoms with van der Waals surface area (Å²) in [4.78, 5) is 10.7. The summed E-state index contributed by atoms with van der Waals surface area (Å²) in [5.74, 6) is -0.527. The SMILES string of the molecule is CCCOC(CO)C(=O)OC. The molecule has 0 rings (SSSR count). The third-order valence-corrected chi connectivity index (χ3v) is 1.15. The summed E-state index contributed by atoms with van der Waals surface area (Å²) >= 11 is 0. The third kappa shape index (κ3) is 3.95. The molecule has 11 heavy (non-hydrogen) atoms. The van der Waals surface area contributed by atoms with Gasteiger partial charge in [-0.25, -0.2) is 4.79 Å². The first kappa shape index (κ1) is 10.4. The van der Waals surface area contributed by atoms with E-state index in [9.17, 15) is 4.79 Å². The van der Waals surface area contributed by atoms with Crippen LogP contribution in [0.4, 0.5) is 0 Å². The minimum atomic E-state index is -0.819. The van der Waals surface area contributed by atoms with Crippen molar-refractivity contribution in [1.29, 1.82) is 0 Å². The van der Waals surface area contributed by atoms with Crippen molar-refractivity contribution < 1.29 is 19.4 Å². The second kappa shape index (κ2) is 6.12. The number of hydrogen-bond donors (Lipinski definition) is 1. The van der Waals surface area contributed by atoms with Crippen LogP contribution in [0.5, 0.6) is 0 Å². The van der Waals surface area contributed by atoms with E-state index in [4.69, 9.17) is 9.84 Å². The van der Waals surface area contributed by atoms with Crippen molar-refractivity contribution in [2.75, 3.05) is 20.3 Å². The number of methoxy groups -OCH3 is 1. The van der Waals surface area contributed by atoms with Gasteiger partial charge in [-0.15, -0.1) is 0 Å². The lowest BCUT2D eigenvalue weighted by Crippen LogP contribution is -2.29. The van der Waals surface area contributed by atoms with Crippen molar-refractivity contribution in [1.82, 2.24) is 0 Å². The third-order valence-electron chi connectivity index (χ3n) is 1.15. The Morgan fingerprint density at radius 1 is 1.64 bits per heavy atom. The fraction of sp³-hybridized carbons (Fsp3) is 0.857. The Kier molecular flexibility index (Phi) is 5.78. The largest absolute Gasteiger partial charge is 0.467 e. The zero-order valence-corrected chi connectivity index (χ0v) is 6.87. The van der Waals surface area contributed by atoms with Crippen LogP contribution in [0.1, 0.15) is 13.3 Å². The Bertz CT molecular complexity index is 113. The lowest BCUT2D eigenvalue weighted by atomic mass is 10.4. The van der Waals surface area contributed by atoms with Crippen LogP contribution in [0, 0.1) is 0 Å². The number of aliphatic hydroxyl groups excluding tert-OH is 1. The summed E-state index contributed by atoms with van der Waals surface area (Å²) in [5.41, 5.74) is 0. The van der Waals surface area contributed by atoms with E-state index < -0.39 is 12.1 Å². The minimum Gasteiger partial charge on any atom is -0.467 e. The van der Waals surface area contributed by atoms with Crippen molar-refractivity contribution in [2.45, 2.75) is 19.4 Å². The molecule has 0 heterocycles. The van der Waals surface area contributed by atoms with Gasteiger partial charge >= 0.3 is 5.97 Å². The van der Waals surface area contributed by atoms with Crippen molar-refractivity contribution in [3.8, 4) is 0 Å². The molecule has 0 spiro atoms. The second-order valence-electron chi connectivity index (χ2n) is 2.07. The maximum Gasteiger partial charge on any atom is 0.337 e. The Morgan fingerprint density at radius 2 is 2.27 bits per heavy atom. The minimum absolute atomic E-state index is 0.327. The average molecular weight is 162 g/mol. The normalized spacial score (nSPS) is 12.6. The van der Waals surface area contributed by atoms with Gasteiger partial charge in [0.05, 0.1) is 13.7 Å². The van der Waals surface area contributed by atoms with E-state index in [1.165, 1.54) is 7.11 Å². The zero-order valence-electron chi connectivity index (χ0n) is 6.87. The first-order chi connectivity index (χ1) is 5.26. The molecule has 1 N–H and O–H groups in total. The van der Waals surface area contributed by atoms with Gasteiger partial charge < -0.3 is 14.6 Å². The van der Waals surface area contributed by atoms with E-state index >= 15 is 0 Å². The molecule has 0 aromatic rings. The molecule has 0 fully saturated rings. The first-order valence-corrected chi connectivity index (χ1v) is 3.56. The molecule has 0 saturated heterocycles. The van der Waals surface area contributed by atoms with Gasteiger partial charge in [-0.05, 0) is 6.42 Å². The fourth-order valence-corrected chi connectivity index (χ4v) is 0.587. The predicted octanol–water partition coefficient (Wildman–Crippen LogP) is -0.0531. The van der Waals surface area contributed by atoms with E-state index in [1.807, 2.05) is 6.92 Å². The maximum atomic E-state index is 10.7. The number of aliphatic hydroxyl groups is 1. The number of carbonyl (C=O) groups excluding carboxylic acids is 1. The molecule has 0 saturated carbocycles. The predicted molar refractivity (Wildman–Crippen MR) is 39.1 cm³/mol. The zero-order chi connectivity index (χ0) is 8.69. The highest BCUT2D eigenvalue weighted by atomic mass is 16.6. The van der Waals surface area contributed by atoms with Crippen molar-refractivity contribution in [2.24, 2.45) is 0 Å². The summed E-state index contributed by atoms with van der Waals surface area (Å²) in [6, 6.07) is 0. The summed E-state index contributed by atoms with van der Waals surface area (Å²) < 4.78 is 9.34. The van der Waals surface area contributed by atoms with E-state index in [1.54, 1.807) is 0 Å². The van der Waals surface area contributed by atoms with Gasteiger partial charge in [-0.3, -0.25) is 0 Å². The van der Waals surface area contributed by atoms with Gasteiger partial charge in [0.25, 0.3) is 0 Å². The number of rotatable bonds is 5. The number of ether oxygens (including phenoxy) is 2. The summed E-state index contributed by atoms with van der Waals surface area (Å²) in [6.45, 7) is 2.05. The average Bonchev–Trinajstić information content (AvgIpc) is 2.05. The number of esters is 1. The Morgan fingerprint density at radius 3 is 2.64 bits per heavy atom. The van der Waals surface area contributed by atoms with E-state index in [-0.39, 0.29) is 6.61 Å². The van der Waals surface area contributed by atoms with Gasteiger partial charge in [-0.1, -0.05) is 6.92 Å². The maximum absolute atomic E-state index is 10.7. The number of hydrogen-bond acceptors (Lipinski definition) is 4. The van der Waals surface area contributed by atoms with Crippen LogP contribution >= 0.6 is 0 Å². The van der Waals surface area contributed by atoms with E-state index in [2.05, 4.69) is 4.74 Å². The summed E-state index contributed by atoms with van der Waals surface area (Å²) in [7, 11) is 1.26.